The predicted octanol–water partition coefficient (Wildman–Crippen LogP) is 0.342. The fourth-order valence-corrected chi connectivity index (χ4v) is 1.79. The number of hydrogen-bond donors (Lipinski definition) is 2. The first-order valence-corrected chi connectivity index (χ1v) is 5.70. The van der Waals surface area contributed by atoms with Crippen LogP contribution in [0, 0.1) is 0 Å². The summed E-state index contributed by atoms with van der Waals surface area (Å²) in [5.74, 6) is 0.638. The maximum absolute atomic E-state index is 11.7. The number of hydrogen-bond acceptors (Lipinski definition) is 4. The molecule has 0 atom stereocenters. The lowest BCUT2D eigenvalue weighted by molar-refractivity contribution is 0.115. The van der Waals surface area contributed by atoms with Crippen molar-refractivity contribution in [2.75, 3.05) is 13.2 Å². The number of rotatable bonds is 4. The van der Waals surface area contributed by atoms with Gasteiger partial charge in [0.2, 0.25) is 0 Å². The lowest BCUT2D eigenvalue weighted by Crippen LogP contribution is -2.32. The monoisotopic (exact) mass is 223 g/mol. The fraction of sp³-hybridized carbons (Fsp3) is 0.636. The third kappa shape index (κ3) is 2.48. The number of fused-ring (bicyclic) bond motifs is 1. The van der Waals surface area contributed by atoms with Gasteiger partial charge in [-0.2, -0.15) is 0 Å². The van der Waals surface area contributed by atoms with Crippen LogP contribution < -0.4 is 10.9 Å². The van der Waals surface area contributed by atoms with Crippen molar-refractivity contribution in [3.05, 3.63) is 27.4 Å². The molecule has 16 heavy (non-hydrogen) atoms. The van der Waals surface area contributed by atoms with Gasteiger partial charge in [0, 0.05) is 26.1 Å². The van der Waals surface area contributed by atoms with Crippen molar-refractivity contribution in [2.24, 2.45) is 0 Å². The van der Waals surface area contributed by atoms with Crippen molar-refractivity contribution < 1.29 is 4.74 Å². The maximum Gasteiger partial charge on any atom is 0.255 e. The minimum Gasteiger partial charge on any atom is -0.374 e. The van der Waals surface area contributed by atoms with Crippen LogP contribution in [0.15, 0.2) is 4.79 Å². The topological polar surface area (TPSA) is 67.0 Å². The van der Waals surface area contributed by atoms with Crippen LogP contribution in [0.1, 0.15) is 30.4 Å². The highest BCUT2D eigenvalue weighted by atomic mass is 16.5. The Morgan fingerprint density at radius 2 is 2.38 bits per heavy atom. The van der Waals surface area contributed by atoms with E-state index in [2.05, 4.69) is 22.2 Å². The Hall–Kier alpha value is -1.20. The van der Waals surface area contributed by atoms with Crippen LogP contribution in [-0.4, -0.2) is 23.1 Å². The highest BCUT2D eigenvalue weighted by Crippen LogP contribution is 2.06. The van der Waals surface area contributed by atoms with Crippen LogP contribution in [0.2, 0.25) is 0 Å². The van der Waals surface area contributed by atoms with Crippen LogP contribution in [0.3, 0.4) is 0 Å². The van der Waals surface area contributed by atoms with E-state index in [4.69, 9.17) is 4.74 Å². The summed E-state index contributed by atoms with van der Waals surface area (Å²) in [7, 11) is 0. The molecular formula is C11H17N3O2. The molecule has 2 rings (SSSR count). The summed E-state index contributed by atoms with van der Waals surface area (Å²) >= 11 is 0. The first kappa shape index (κ1) is 11.3. The Labute approximate surface area is 94.2 Å². The van der Waals surface area contributed by atoms with Crippen LogP contribution in [-0.2, 0) is 24.3 Å². The predicted molar refractivity (Wildman–Crippen MR) is 60.2 cm³/mol. The fourth-order valence-electron chi connectivity index (χ4n) is 1.79. The van der Waals surface area contributed by atoms with E-state index >= 15 is 0 Å². The molecule has 0 amide bonds. The molecule has 0 aliphatic carbocycles. The molecule has 0 saturated carbocycles. The number of aromatic nitrogens is 2. The molecule has 1 aliphatic heterocycles. The molecule has 0 bridgehead atoms. The molecule has 1 aromatic heterocycles. The Morgan fingerprint density at radius 1 is 1.50 bits per heavy atom. The normalized spacial score (nSPS) is 14.8. The number of H-pyrrole nitrogens is 1. The summed E-state index contributed by atoms with van der Waals surface area (Å²) in [6.07, 6.45) is 1.79. The quantitative estimate of drug-likeness (QED) is 0.722. The number of aromatic amines is 1. The lowest BCUT2D eigenvalue weighted by atomic mass is 10.1. The first-order chi connectivity index (χ1) is 7.81. The van der Waals surface area contributed by atoms with Gasteiger partial charge in [0.05, 0.1) is 11.3 Å². The van der Waals surface area contributed by atoms with Crippen molar-refractivity contribution in [1.82, 2.24) is 15.3 Å². The Bertz CT molecular complexity index is 414. The second-order valence-electron chi connectivity index (χ2n) is 3.92. The number of nitrogens with zero attached hydrogens (tertiary/aromatic N) is 1. The molecule has 0 spiro atoms. The highest BCUT2D eigenvalue weighted by molar-refractivity contribution is 5.20. The van der Waals surface area contributed by atoms with Gasteiger partial charge in [-0.05, 0) is 6.42 Å². The molecule has 1 aromatic rings. The summed E-state index contributed by atoms with van der Waals surface area (Å²) in [5.41, 5.74) is 1.65. The van der Waals surface area contributed by atoms with Crippen LogP contribution in [0.4, 0.5) is 0 Å². The average Bonchev–Trinajstić information content (AvgIpc) is 2.30. The molecule has 0 aromatic carbocycles. The highest BCUT2D eigenvalue weighted by Gasteiger charge is 2.14. The van der Waals surface area contributed by atoms with E-state index in [1.165, 1.54) is 0 Å². The van der Waals surface area contributed by atoms with Gasteiger partial charge in [-0.15, -0.1) is 0 Å². The van der Waals surface area contributed by atoms with E-state index in [1.807, 2.05) is 0 Å². The molecule has 5 nitrogen and oxygen atoms in total. The van der Waals surface area contributed by atoms with Gasteiger partial charge in [0.25, 0.3) is 5.56 Å². The Balaban J connectivity index is 2.15. The van der Waals surface area contributed by atoms with Crippen molar-refractivity contribution in [3.63, 3.8) is 0 Å². The first-order valence-electron chi connectivity index (χ1n) is 5.70. The lowest BCUT2D eigenvalue weighted by Gasteiger charge is -2.15. The van der Waals surface area contributed by atoms with Crippen molar-refractivity contribution in [3.8, 4) is 0 Å². The molecule has 5 heteroatoms. The van der Waals surface area contributed by atoms with Crippen molar-refractivity contribution in [1.29, 1.82) is 0 Å². The largest absolute Gasteiger partial charge is 0.374 e. The van der Waals surface area contributed by atoms with Crippen molar-refractivity contribution >= 4 is 0 Å². The van der Waals surface area contributed by atoms with Gasteiger partial charge in [0.1, 0.15) is 12.4 Å². The van der Waals surface area contributed by atoms with Crippen LogP contribution >= 0.6 is 0 Å². The SMILES string of the molecule is CCCOCc1nc2c(c(=O)[nH]1)CNCC2. The van der Waals surface area contributed by atoms with Crippen molar-refractivity contribution in [2.45, 2.75) is 32.9 Å². The molecule has 2 heterocycles. The van der Waals surface area contributed by atoms with E-state index in [0.717, 1.165) is 30.6 Å². The van der Waals surface area contributed by atoms with Crippen LogP contribution in [0.25, 0.3) is 0 Å². The van der Waals surface area contributed by atoms with Gasteiger partial charge in [-0.3, -0.25) is 4.79 Å². The molecular weight excluding hydrogens is 206 g/mol. The number of nitrogens with one attached hydrogen (secondary N) is 2. The second kappa shape index (κ2) is 5.23. The van der Waals surface area contributed by atoms with E-state index in [1.54, 1.807) is 0 Å². The summed E-state index contributed by atoms with van der Waals surface area (Å²) in [6, 6.07) is 0. The summed E-state index contributed by atoms with van der Waals surface area (Å²) < 4.78 is 5.37. The molecule has 88 valence electrons. The number of ether oxygens (including phenoxy) is 1. The maximum atomic E-state index is 11.7. The summed E-state index contributed by atoms with van der Waals surface area (Å²) in [5, 5.41) is 3.16. The molecule has 2 N–H and O–H groups in total. The van der Waals surface area contributed by atoms with Gasteiger partial charge < -0.3 is 15.0 Å². The zero-order valence-electron chi connectivity index (χ0n) is 9.51. The molecule has 0 unspecified atom stereocenters. The summed E-state index contributed by atoms with van der Waals surface area (Å²) in [6.45, 7) is 4.65. The Morgan fingerprint density at radius 3 is 3.19 bits per heavy atom. The van der Waals surface area contributed by atoms with E-state index in [0.29, 0.717) is 25.6 Å². The zero-order chi connectivity index (χ0) is 11.4. The van der Waals surface area contributed by atoms with Gasteiger partial charge in [-0.25, -0.2) is 4.98 Å². The average molecular weight is 223 g/mol. The van der Waals surface area contributed by atoms with E-state index < -0.39 is 0 Å². The van der Waals surface area contributed by atoms with Gasteiger partial charge in [-0.1, -0.05) is 6.92 Å². The van der Waals surface area contributed by atoms with Gasteiger partial charge >= 0.3 is 0 Å². The standard InChI is InChI=1S/C11H17N3O2/c1-2-5-16-7-10-13-9-3-4-12-6-8(9)11(15)14-10/h12H,2-7H2,1H3,(H,13,14,15). The molecule has 0 fully saturated rings. The molecule has 0 saturated heterocycles. The summed E-state index contributed by atoms with van der Waals surface area (Å²) in [4.78, 5) is 18.9. The minimum absolute atomic E-state index is 0.0349. The molecule has 1 aliphatic rings. The third-order valence-corrected chi connectivity index (χ3v) is 2.58. The van der Waals surface area contributed by atoms with E-state index in [9.17, 15) is 4.79 Å². The zero-order valence-corrected chi connectivity index (χ0v) is 9.51. The molecule has 0 radical (unpaired) electrons. The Kier molecular flexibility index (Phi) is 3.69. The van der Waals surface area contributed by atoms with Gasteiger partial charge in [0.15, 0.2) is 0 Å². The second-order valence-corrected chi connectivity index (χ2v) is 3.92. The van der Waals surface area contributed by atoms with E-state index in [-0.39, 0.29) is 5.56 Å². The minimum atomic E-state index is -0.0349. The van der Waals surface area contributed by atoms with Crippen LogP contribution in [0.5, 0.6) is 0 Å². The third-order valence-electron chi connectivity index (χ3n) is 2.58. The smallest absolute Gasteiger partial charge is 0.255 e.